The fourth-order valence-electron chi connectivity index (χ4n) is 4.06. The molecule has 2 aliphatic rings. The Morgan fingerprint density at radius 3 is 2.43 bits per heavy atom. The van der Waals surface area contributed by atoms with Gasteiger partial charge in [-0.05, 0) is 30.5 Å². The summed E-state index contributed by atoms with van der Waals surface area (Å²) in [5.41, 5.74) is 1.78. The molecule has 126 valence electrons. The zero-order valence-corrected chi connectivity index (χ0v) is 13.7. The van der Waals surface area contributed by atoms with Gasteiger partial charge in [-0.2, -0.15) is 0 Å². The first-order valence-corrected chi connectivity index (χ1v) is 8.51. The molecule has 0 bridgehead atoms. The van der Waals surface area contributed by atoms with Gasteiger partial charge in [-0.3, -0.25) is 4.90 Å². The van der Waals surface area contributed by atoms with Gasteiger partial charge >= 0.3 is 0 Å². The molecule has 1 saturated carbocycles. The van der Waals surface area contributed by atoms with Crippen LogP contribution in [0.1, 0.15) is 43.7 Å². The van der Waals surface area contributed by atoms with E-state index < -0.39 is 0 Å². The standard InChI is InChI=1S/C18H26N2O3/c1-23-16-9-7-13(8-10-16)18-17(19-22)14(12-21)11-20(18)15-5-3-2-4-6-15/h7-10,14-15,18,21-22H,2-6,11-12H2,1H3/b19-17-/t14-,18-/m1/s1. The molecule has 0 aromatic heterocycles. The molecule has 0 spiro atoms. The third-order valence-electron chi connectivity index (χ3n) is 5.27. The molecule has 1 aliphatic heterocycles. The molecule has 1 aliphatic carbocycles. The highest BCUT2D eigenvalue weighted by Crippen LogP contribution is 2.38. The van der Waals surface area contributed by atoms with Crippen LogP contribution in [-0.4, -0.2) is 47.2 Å². The van der Waals surface area contributed by atoms with E-state index in [2.05, 4.69) is 10.1 Å². The molecule has 2 atom stereocenters. The smallest absolute Gasteiger partial charge is 0.118 e. The highest BCUT2D eigenvalue weighted by atomic mass is 16.5. The molecular weight excluding hydrogens is 292 g/mol. The Kier molecular flexibility index (Phi) is 5.18. The molecular formula is C18H26N2O3. The summed E-state index contributed by atoms with van der Waals surface area (Å²) in [6.07, 6.45) is 6.19. The predicted molar refractivity (Wildman–Crippen MR) is 89.1 cm³/mol. The fourth-order valence-corrected chi connectivity index (χ4v) is 4.06. The lowest BCUT2D eigenvalue weighted by Gasteiger charge is -2.35. The van der Waals surface area contributed by atoms with Crippen molar-refractivity contribution >= 4 is 5.71 Å². The number of methoxy groups -OCH3 is 1. The Bertz CT molecular complexity index is 538. The number of ether oxygens (including phenoxy) is 1. The SMILES string of the molecule is COc1ccc([C@@H]2/C(=N\O)[C@@H](CO)CN2C2CCCCC2)cc1. The van der Waals surface area contributed by atoms with Gasteiger partial charge in [0.2, 0.25) is 0 Å². The molecule has 1 aromatic rings. The highest BCUT2D eigenvalue weighted by Gasteiger charge is 2.42. The van der Waals surface area contributed by atoms with E-state index in [1.165, 1.54) is 32.1 Å². The van der Waals surface area contributed by atoms with Gasteiger partial charge in [-0.15, -0.1) is 0 Å². The average molecular weight is 318 g/mol. The van der Waals surface area contributed by atoms with Gasteiger partial charge in [-0.1, -0.05) is 36.6 Å². The van der Waals surface area contributed by atoms with Crippen LogP contribution in [0.15, 0.2) is 29.4 Å². The Hall–Kier alpha value is -1.59. The number of likely N-dealkylation sites (tertiary alicyclic amines) is 1. The van der Waals surface area contributed by atoms with Crippen LogP contribution in [-0.2, 0) is 0 Å². The van der Waals surface area contributed by atoms with Crippen molar-refractivity contribution in [3.63, 3.8) is 0 Å². The Labute approximate surface area is 137 Å². The second-order valence-electron chi connectivity index (χ2n) is 6.57. The van der Waals surface area contributed by atoms with E-state index in [9.17, 15) is 10.3 Å². The summed E-state index contributed by atoms with van der Waals surface area (Å²) in [5.74, 6) is 0.728. The molecule has 0 unspecified atom stereocenters. The third-order valence-corrected chi connectivity index (χ3v) is 5.27. The maximum Gasteiger partial charge on any atom is 0.118 e. The number of hydrogen-bond donors (Lipinski definition) is 2. The van der Waals surface area contributed by atoms with Crippen molar-refractivity contribution in [2.75, 3.05) is 20.3 Å². The monoisotopic (exact) mass is 318 g/mol. The van der Waals surface area contributed by atoms with Crippen LogP contribution < -0.4 is 4.74 Å². The number of benzene rings is 1. The van der Waals surface area contributed by atoms with Crippen LogP contribution in [0.3, 0.4) is 0 Å². The van der Waals surface area contributed by atoms with Crippen LogP contribution >= 0.6 is 0 Å². The van der Waals surface area contributed by atoms with Crippen molar-refractivity contribution in [1.82, 2.24) is 4.90 Å². The number of rotatable bonds is 4. The van der Waals surface area contributed by atoms with E-state index in [1.807, 2.05) is 24.3 Å². The lowest BCUT2D eigenvalue weighted by Crippen LogP contribution is -2.37. The number of oxime groups is 1. The maximum atomic E-state index is 9.69. The van der Waals surface area contributed by atoms with Gasteiger partial charge < -0.3 is 15.1 Å². The van der Waals surface area contributed by atoms with Crippen molar-refractivity contribution in [3.8, 4) is 5.75 Å². The molecule has 5 heteroatoms. The molecule has 0 radical (unpaired) electrons. The third kappa shape index (κ3) is 3.21. The van der Waals surface area contributed by atoms with E-state index in [-0.39, 0.29) is 18.6 Å². The molecule has 23 heavy (non-hydrogen) atoms. The second-order valence-corrected chi connectivity index (χ2v) is 6.57. The van der Waals surface area contributed by atoms with Crippen LogP contribution in [0, 0.1) is 5.92 Å². The first-order valence-electron chi connectivity index (χ1n) is 8.51. The second kappa shape index (κ2) is 7.32. The Morgan fingerprint density at radius 1 is 1.17 bits per heavy atom. The topological polar surface area (TPSA) is 65.3 Å². The maximum absolute atomic E-state index is 9.69. The largest absolute Gasteiger partial charge is 0.497 e. The van der Waals surface area contributed by atoms with Gasteiger partial charge in [0.25, 0.3) is 0 Å². The van der Waals surface area contributed by atoms with Crippen molar-refractivity contribution in [2.24, 2.45) is 11.1 Å². The fraction of sp³-hybridized carbons (Fsp3) is 0.611. The van der Waals surface area contributed by atoms with Gasteiger partial charge in [0, 0.05) is 18.5 Å². The van der Waals surface area contributed by atoms with Gasteiger partial charge in [0.05, 0.1) is 25.5 Å². The molecule has 1 saturated heterocycles. The molecule has 2 N–H and O–H groups in total. The van der Waals surface area contributed by atoms with Crippen molar-refractivity contribution < 1.29 is 15.1 Å². The lowest BCUT2D eigenvalue weighted by atomic mass is 9.92. The van der Waals surface area contributed by atoms with Crippen LogP contribution in [0.25, 0.3) is 0 Å². The summed E-state index contributed by atoms with van der Waals surface area (Å²) in [4.78, 5) is 2.43. The van der Waals surface area contributed by atoms with E-state index in [4.69, 9.17) is 4.74 Å². The van der Waals surface area contributed by atoms with Crippen LogP contribution in [0.5, 0.6) is 5.75 Å². The summed E-state index contributed by atoms with van der Waals surface area (Å²) in [6.45, 7) is 0.784. The van der Waals surface area contributed by atoms with Crippen LogP contribution in [0.2, 0.25) is 0 Å². The minimum Gasteiger partial charge on any atom is -0.497 e. The molecule has 0 amide bonds. The van der Waals surface area contributed by atoms with E-state index in [1.54, 1.807) is 7.11 Å². The predicted octanol–water partition coefficient (Wildman–Crippen LogP) is 2.82. The molecule has 1 aromatic carbocycles. The quantitative estimate of drug-likeness (QED) is 0.662. The van der Waals surface area contributed by atoms with Crippen molar-refractivity contribution in [2.45, 2.75) is 44.2 Å². The highest BCUT2D eigenvalue weighted by molar-refractivity contribution is 5.94. The molecule has 1 heterocycles. The minimum absolute atomic E-state index is 0.0231. The molecule has 5 nitrogen and oxygen atoms in total. The van der Waals surface area contributed by atoms with E-state index in [0.717, 1.165) is 17.9 Å². The van der Waals surface area contributed by atoms with Crippen molar-refractivity contribution in [1.29, 1.82) is 0 Å². The summed E-state index contributed by atoms with van der Waals surface area (Å²) in [5, 5.41) is 22.8. The normalized spacial score (nSPS) is 28.3. The molecule has 3 rings (SSSR count). The first kappa shape index (κ1) is 16.3. The summed E-state index contributed by atoms with van der Waals surface area (Å²) < 4.78 is 5.24. The number of aliphatic hydroxyl groups excluding tert-OH is 1. The zero-order valence-electron chi connectivity index (χ0n) is 13.7. The molecule has 2 fully saturated rings. The number of aliphatic hydroxyl groups is 1. The Morgan fingerprint density at radius 2 is 1.87 bits per heavy atom. The van der Waals surface area contributed by atoms with E-state index >= 15 is 0 Å². The van der Waals surface area contributed by atoms with Gasteiger partial charge in [-0.25, -0.2) is 0 Å². The van der Waals surface area contributed by atoms with Crippen LogP contribution in [0.4, 0.5) is 0 Å². The van der Waals surface area contributed by atoms with Crippen molar-refractivity contribution in [3.05, 3.63) is 29.8 Å². The summed E-state index contributed by atoms with van der Waals surface area (Å²) in [6, 6.07) is 8.40. The average Bonchev–Trinajstić information content (AvgIpc) is 3.01. The lowest BCUT2D eigenvalue weighted by molar-refractivity contribution is 0.138. The number of hydrogen-bond acceptors (Lipinski definition) is 5. The summed E-state index contributed by atoms with van der Waals surface area (Å²) in [7, 11) is 1.65. The van der Waals surface area contributed by atoms with Gasteiger partial charge in [0.1, 0.15) is 5.75 Å². The zero-order chi connectivity index (χ0) is 16.2. The minimum atomic E-state index is -0.0889. The number of nitrogens with zero attached hydrogens (tertiary/aromatic N) is 2. The Balaban J connectivity index is 1.92. The van der Waals surface area contributed by atoms with E-state index in [0.29, 0.717) is 11.8 Å². The first-order chi connectivity index (χ1) is 11.3. The van der Waals surface area contributed by atoms with Gasteiger partial charge in [0.15, 0.2) is 0 Å². The summed E-state index contributed by atoms with van der Waals surface area (Å²) >= 11 is 0.